The van der Waals surface area contributed by atoms with Crippen molar-refractivity contribution in [3.63, 3.8) is 0 Å². The molecule has 0 radical (unpaired) electrons. The summed E-state index contributed by atoms with van der Waals surface area (Å²) in [7, 11) is -7.49. The molecule has 0 atom stereocenters. The van der Waals surface area contributed by atoms with E-state index < -0.39 is 29.1 Å². The minimum absolute atomic E-state index is 0.0570. The Hall–Kier alpha value is 0.640. The van der Waals surface area contributed by atoms with Crippen LogP contribution in [0.15, 0.2) is 0 Å². The van der Waals surface area contributed by atoms with Crippen LogP contribution in [0.2, 0.25) is 0 Å². The fourth-order valence-corrected chi connectivity index (χ4v) is 3.63. The summed E-state index contributed by atoms with van der Waals surface area (Å²) in [5, 5.41) is 0. The molecule has 0 unspecified atom stereocenters. The van der Waals surface area contributed by atoms with Gasteiger partial charge in [0.25, 0.3) is 0 Å². The first kappa shape index (κ1) is 18.6. The van der Waals surface area contributed by atoms with Crippen molar-refractivity contribution >= 4 is 41.0 Å². The van der Waals surface area contributed by atoms with E-state index in [0.29, 0.717) is 0 Å². The molecule has 0 aromatic heterocycles. The summed E-state index contributed by atoms with van der Waals surface area (Å²) >= 11 is 11.1. The number of hydrogen-bond acceptors (Lipinski definition) is 4. The first-order valence-corrected chi connectivity index (χ1v) is 9.52. The van der Waals surface area contributed by atoms with E-state index in [9.17, 15) is 13.0 Å². The highest BCUT2D eigenvalue weighted by Gasteiger charge is 2.27. The molecular formula is C8H18Cl2NO5PS. The molecule has 0 aliphatic carbocycles. The Kier molecular flexibility index (Phi) is 7.13. The summed E-state index contributed by atoms with van der Waals surface area (Å²) in [5.41, 5.74) is -0.681. The SMILES string of the molecule is CC(C)(CCS(=O)(=O)CCCP(=O)(O)O)N(Cl)Cl. The van der Waals surface area contributed by atoms with Gasteiger partial charge in [-0.05, 0) is 50.2 Å². The maximum Gasteiger partial charge on any atom is 0.325 e. The van der Waals surface area contributed by atoms with Crippen molar-refractivity contribution in [2.45, 2.75) is 32.2 Å². The Labute approximate surface area is 118 Å². The zero-order valence-corrected chi connectivity index (χ0v) is 13.4. The van der Waals surface area contributed by atoms with Crippen LogP contribution in [0.4, 0.5) is 0 Å². The van der Waals surface area contributed by atoms with Gasteiger partial charge in [-0.2, -0.15) is 0 Å². The lowest BCUT2D eigenvalue weighted by molar-refractivity contribution is 0.341. The van der Waals surface area contributed by atoms with Gasteiger partial charge in [-0.1, -0.05) is 0 Å². The van der Waals surface area contributed by atoms with Gasteiger partial charge < -0.3 is 9.79 Å². The molecule has 0 aliphatic heterocycles. The molecule has 0 fully saturated rings. The van der Waals surface area contributed by atoms with E-state index in [4.69, 9.17) is 33.3 Å². The second-order valence-corrected chi connectivity index (χ2v) is 9.62. The second-order valence-electron chi connectivity index (χ2n) is 4.69. The molecule has 10 heteroatoms. The number of sulfone groups is 1. The fraction of sp³-hybridized carbons (Fsp3) is 1.00. The summed E-state index contributed by atoms with van der Waals surface area (Å²) in [6.45, 7) is 3.39. The van der Waals surface area contributed by atoms with Gasteiger partial charge in [0.1, 0.15) is 9.84 Å². The Bertz CT molecular complexity index is 406. The average molecular weight is 342 g/mol. The van der Waals surface area contributed by atoms with Gasteiger partial charge in [-0.15, -0.1) is 3.94 Å². The maximum absolute atomic E-state index is 11.6. The molecule has 2 N–H and O–H groups in total. The van der Waals surface area contributed by atoms with Crippen LogP contribution in [0.5, 0.6) is 0 Å². The number of nitrogens with zero attached hydrogens (tertiary/aromatic N) is 1. The van der Waals surface area contributed by atoms with Gasteiger partial charge in [0.15, 0.2) is 0 Å². The maximum atomic E-state index is 11.6. The Balaban J connectivity index is 4.22. The summed E-state index contributed by atoms with van der Waals surface area (Å²) in [5.74, 6) is -0.379. The molecule has 6 nitrogen and oxygen atoms in total. The Morgan fingerprint density at radius 3 is 2.11 bits per heavy atom. The minimum Gasteiger partial charge on any atom is -0.324 e. The molecule has 18 heavy (non-hydrogen) atoms. The van der Waals surface area contributed by atoms with Gasteiger partial charge in [-0.25, -0.2) is 8.42 Å². The predicted octanol–water partition coefficient (Wildman–Crippen LogP) is 1.75. The summed E-state index contributed by atoms with van der Waals surface area (Å²) in [4.78, 5) is 17.2. The third-order valence-electron chi connectivity index (χ3n) is 2.39. The fourth-order valence-electron chi connectivity index (χ4n) is 1.08. The van der Waals surface area contributed by atoms with E-state index in [2.05, 4.69) is 0 Å². The monoisotopic (exact) mass is 341 g/mol. The summed E-state index contributed by atoms with van der Waals surface area (Å²) in [6.07, 6.45) is -0.247. The summed E-state index contributed by atoms with van der Waals surface area (Å²) < 4.78 is 34.7. The third kappa shape index (κ3) is 8.69. The highest BCUT2D eigenvalue weighted by molar-refractivity contribution is 7.91. The van der Waals surface area contributed by atoms with Crippen LogP contribution >= 0.6 is 31.1 Å². The molecule has 0 saturated carbocycles. The van der Waals surface area contributed by atoms with E-state index in [-0.39, 0.29) is 24.3 Å². The standard InChI is InChI=1S/C8H18Cl2NO5PS/c1-8(2,11(9)10)4-7-18(15,16)6-3-5-17(12,13)14/h3-7H2,1-2H3,(H2,12,13,14). The van der Waals surface area contributed by atoms with Crippen molar-refractivity contribution in [2.24, 2.45) is 0 Å². The zero-order chi connectivity index (χ0) is 14.6. The molecule has 0 aromatic rings. The van der Waals surface area contributed by atoms with E-state index in [1.165, 1.54) is 0 Å². The van der Waals surface area contributed by atoms with Crippen LogP contribution in [0, 0.1) is 0 Å². The van der Waals surface area contributed by atoms with Crippen LogP contribution in [0.3, 0.4) is 0 Å². The van der Waals surface area contributed by atoms with Crippen molar-refractivity contribution in [3.05, 3.63) is 0 Å². The van der Waals surface area contributed by atoms with Crippen molar-refractivity contribution < 1.29 is 22.8 Å². The lowest BCUT2D eigenvalue weighted by Gasteiger charge is -2.27. The molecule has 0 spiro atoms. The third-order valence-corrected chi connectivity index (χ3v) is 5.94. The Morgan fingerprint density at radius 2 is 1.72 bits per heavy atom. The van der Waals surface area contributed by atoms with Crippen LogP contribution in [-0.2, 0) is 14.4 Å². The van der Waals surface area contributed by atoms with Gasteiger partial charge >= 0.3 is 7.60 Å². The molecule has 0 aliphatic rings. The van der Waals surface area contributed by atoms with E-state index in [0.717, 1.165) is 3.94 Å². The smallest absolute Gasteiger partial charge is 0.324 e. The largest absolute Gasteiger partial charge is 0.325 e. The molecule has 0 heterocycles. The van der Waals surface area contributed by atoms with Crippen LogP contribution in [0.25, 0.3) is 0 Å². The minimum atomic E-state index is -4.13. The highest BCUT2D eigenvalue weighted by atomic mass is 35.5. The van der Waals surface area contributed by atoms with Crippen molar-refractivity contribution in [3.8, 4) is 0 Å². The predicted molar refractivity (Wildman–Crippen MR) is 72.4 cm³/mol. The van der Waals surface area contributed by atoms with Crippen LogP contribution < -0.4 is 0 Å². The zero-order valence-electron chi connectivity index (χ0n) is 10.2. The van der Waals surface area contributed by atoms with Gasteiger partial charge in [-0.3, -0.25) is 4.57 Å². The number of halogens is 2. The van der Waals surface area contributed by atoms with Crippen molar-refractivity contribution in [1.29, 1.82) is 0 Å². The van der Waals surface area contributed by atoms with E-state index in [1.54, 1.807) is 13.8 Å². The topological polar surface area (TPSA) is 94.9 Å². The Morgan fingerprint density at radius 1 is 1.22 bits per heavy atom. The first-order valence-electron chi connectivity index (χ1n) is 5.22. The molecule has 0 rings (SSSR count). The van der Waals surface area contributed by atoms with Crippen LogP contribution in [0.1, 0.15) is 26.7 Å². The lowest BCUT2D eigenvalue weighted by Crippen LogP contribution is -2.33. The van der Waals surface area contributed by atoms with Crippen molar-refractivity contribution in [1.82, 2.24) is 3.94 Å². The number of rotatable bonds is 8. The molecule has 0 saturated heterocycles. The summed E-state index contributed by atoms with van der Waals surface area (Å²) in [6, 6.07) is 0. The van der Waals surface area contributed by atoms with E-state index in [1.807, 2.05) is 0 Å². The average Bonchev–Trinajstić information content (AvgIpc) is 2.12. The van der Waals surface area contributed by atoms with Gasteiger partial charge in [0.05, 0.1) is 17.7 Å². The lowest BCUT2D eigenvalue weighted by atomic mass is 10.0. The highest BCUT2D eigenvalue weighted by Crippen LogP contribution is 2.35. The van der Waals surface area contributed by atoms with Gasteiger partial charge in [0.2, 0.25) is 0 Å². The first-order chi connectivity index (χ1) is 7.86. The second kappa shape index (κ2) is 6.88. The molecular weight excluding hydrogens is 324 g/mol. The normalized spacial score (nSPS) is 14.2. The molecule has 110 valence electrons. The quantitative estimate of drug-likeness (QED) is 0.515. The van der Waals surface area contributed by atoms with Gasteiger partial charge in [0, 0.05) is 5.54 Å². The molecule has 0 amide bonds. The van der Waals surface area contributed by atoms with Crippen molar-refractivity contribution in [2.75, 3.05) is 17.7 Å². The van der Waals surface area contributed by atoms with Crippen LogP contribution in [-0.4, -0.2) is 45.3 Å². The number of hydrogen-bond donors (Lipinski definition) is 2. The molecule has 0 aromatic carbocycles. The molecule has 0 bridgehead atoms. The van der Waals surface area contributed by atoms with E-state index >= 15 is 0 Å².